The van der Waals surface area contributed by atoms with E-state index in [1.807, 2.05) is 22.6 Å². The Kier molecular flexibility index (Phi) is 5.90. The number of rotatable bonds is 6. The van der Waals surface area contributed by atoms with Crippen molar-refractivity contribution in [2.45, 2.75) is 79.4 Å². The number of hydrogen-bond donors (Lipinski definition) is 1. The van der Waals surface area contributed by atoms with Crippen LogP contribution in [0.25, 0.3) is 0 Å². The van der Waals surface area contributed by atoms with Crippen molar-refractivity contribution in [3.8, 4) is 6.07 Å². The molecule has 3 aliphatic rings. The highest BCUT2D eigenvalue weighted by molar-refractivity contribution is 7.85. The van der Waals surface area contributed by atoms with Crippen molar-refractivity contribution in [2.24, 2.45) is 0 Å². The number of alkyl halides is 3. The van der Waals surface area contributed by atoms with Crippen LogP contribution in [-0.2, 0) is 21.8 Å². The molecule has 1 unspecified atom stereocenters. The molecule has 1 amide bonds. The average Bonchev–Trinajstić information content (AvgIpc) is 3.24. The number of hydrogen-bond acceptors (Lipinski definition) is 5. The second-order valence-corrected chi connectivity index (χ2v) is 11.4. The number of aryl methyl sites for hydroxylation is 1. The molecule has 3 fully saturated rings. The quantitative estimate of drug-likeness (QED) is 0.644. The minimum absolute atomic E-state index is 0.112. The summed E-state index contributed by atoms with van der Waals surface area (Å²) in [5.74, 6) is 0.337. The molecule has 186 valence electrons. The van der Waals surface area contributed by atoms with Gasteiger partial charge in [0.05, 0.1) is 44.3 Å². The van der Waals surface area contributed by atoms with Crippen molar-refractivity contribution in [3.05, 3.63) is 41.6 Å². The first kappa shape index (κ1) is 23.9. The van der Waals surface area contributed by atoms with Crippen LogP contribution in [0.15, 0.2) is 35.2 Å². The van der Waals surface area contributed by atoms with Gasteiger partial charge in [0.25, 0.3) is 0 Å². The van der Waals surface area contributed by atoms with Gasteiger partial charge < -0.3 is 10.2 Å². The van der Waals surface area contributed by atoms with Crippen molar-refractivity contribution < 1.29 is 22.2 Å². The highest BCUT2D eigenvalue weighted by atomic mass is 32.2. The smallest absolute Gasteiger partial charge is 0.344 e. The maximum Gasteiger partial charge on any atom is 0.417 e. The molecule has 3 atom stereocenters. The monoisotopic (exact) mass is 505 g/mol. The molecule has 1 aromatic carbocycles. The van der Waals surface area contributed by atoms with E-state index in [4.69, 9.17) is 0 Å². The summed E-state index contributed by atoms with van der Waals surface area (Å²) in [4.78, 5) is 14.9. The number of nitrogens with zero attached hydrogens (tertiary/aromatic N) is 4. The van der Waals surface area contributed by atoms with E-state index in [0.717, 1.165) is 31.0 Å². The Morgan fingerprint density at radius 3 is 2.60 bits per heavy atom. The predicted octanol–water partition coefficient (Wildman–Crippen LogP) is 3.86. The number of anilines is 1. The Morgan fingerprint density at radius 1 is 1.29 bits per heavy atom. The van der Waals surface area contributed by atoms with E-state index in [1.54, 1.807) is 0 Å². The molecule has 0 spiro atoms. The van der Waals surface area contributed by atoms with Gasteiger partial charge in [-0.25, -0.2) is 4.68 Å². The van der Waals surface area contributed by atoms with Gasteiger partial charge in [-0.1, -0.05) is 12.1 Å². The van der Waals surface area contributed by atoms with E-state index in [9.17, 15) is 27.4 Å². The molecule has 2 saturated carbocycles. The number of aromatic nitrogens is 2. The van der Waals surface area contributed by atoms with Gasteiger partial charge in [0.2, 0.25) is 5.91 Å². The van der Waals surface area contributed by atoms with Crippen LogP contribution in [0.3, 0.4) is 0 Å². The Balaban J connectivity index is 1.48. The molecule has 0 bridgehead atoms. The third-order valence-electron chi connectivity index (χ3n) is 7.16. The van der Waals surface area contributed by atoms with Crippen molar-refractivity contribution in [1.82, 2.24) is 15.1 Å². The van der Waals surface area contributed by atoms with Gasteiger partial charge in [0.15, 0.2) is 0 Å². The molecule has 2 aliphatic carbocycles. The van der Waals surface area contributed by atoms with Crippen LogP contribution >= 0.6 is 0 Å². The minimum atomic E-state index is -4.63. The molecule has 1 saturated heterocycles. The summed E-state index contributed by atoms with van der Waals surface area (Å²) in [5.41, 5.74) is -1.03. The van der Waals surface area contributed by atoms with Gasteiger partial charge >= 0.3 is 6.18 Å². The molecule has 7 nitrogen and oxygen atoms in total. The van der Waals surface area contributed by atoms with Crippen LogP contribution in [0.1, 0.15) is 55.8 Å². The Bertz CT molecular complexity index is 1210. The largest absolute Gasteiger partial charge is 0.417 e. The van der Waals surface area contributed by atoms with Crippen molar-refractivity contribution in [2.75, 3.05) is 11.4 Å². The maximum absolute atomic E-state index is 13.6. The van der Waals surface area contributed by atoms with E-state index >= 15 is 0 Å². The first-order valence-electron chi connectivity index (χ1n) is 11.7. The summed E-state index contributed by atoms with van der Waals surface area (Å²) in [6.07, 6.45) is -0.383. The summed E-state index contributed by atoms with van der Waals surface area (Å²) in [5, 5.41) is 16.2. The lowest BCUT2D eigenvalue weighted by Crippen LogP contribution is -2.48. The zero-order chi connectivity index (χ0) is 25.0. The molecule has 11 heteroatoms. The molecular formula is C24H26F3N5O2S. The number of halogens is 3. The molecule has 2 aromatic rings. The second kappa shape index (κ2) is 8.66. The van der Waals surface area contributed by atoms with Crippen LogP contribution in [0.4, 0.5) is 19.0 Å². The van der Waals surface area contributed by atoms with Gasteiger partial charge in [-0.15, -0.1) is 0 Å². The maximum atomic E-state index is 13.6. The third kappa shape index (κ3) is 4.44. The van der Waals surface area contributed by atoms with E-state index in [2.05, 4.69) is 16.5 Å². The summed E-state index contributed by atoms with van der Waals surface area (Å²) >= 11 is 0. The minimum Gasteiger partial charge on any atom is -0.344 e. The van der Waals surface area contributed by atoms with E-state index < -0.39 is 39.4 Å². The molecule has 1 N–H and O–H groups in total. The number of carbonyl (C=O) groups is 1. The first-order chi connectivity index (χ1) is 16.6. The number of amides is 1. The molecular weight excluding hydrogens is 479 g/mol. The molecule has 2 heterocycles. The van der Waals surface area contributed by atoms with Crippen LogP contribution in [0.2, 0.25) is 0 Å². The van der Waals surface area contributed by atoms with Gasteiger partial charge in [-0.3, -0.25) is 9.00 Å². The van der Waals surface area contributed by atoms with Gasteiger partial charge in [0.1, 0.15) is 17.4 Å². The number of nitriles is 1. The lowest BCUT2D eigenvalue weighted by Gasteiger charge is -2.32. The Hall–Kier alpha value is -2.87. The fraction of sp³-hybridized carbons (Fsp3) is 0.542. The van der Waals surface area contributed by atoms with Crippen molar-refractivity contribution in [1.29, 1.82) is 5.26 Å². The SMILES string of the molecule is Cc1cc(N2C[C@H](S(=O)c3ccccc3C(F)(F)F)C[C@H]2C(=O)NC2(C#N)CC2)n(C2CCC2)n1. The van der Waals surface area contributed by atoms with Gasteiger partial charge in [0, 0.05) is 12.6 Å². The van der Waals surface area contributed by atoms with Crippen molar-refractivity contribution in [3.63, 3.8) is 0 Å². The summed E-state index contributed by atoms with van der Waals surface area (Å²) in [6, 6.07) is 8.35. The summed E-state index contributed by atoms with van der Waals surface area (Å²) in [7, 11) is -1.99. The molecule has 1 aromatic heterocycles. The number of nitrogens with one attached hydrogen (secondary N) is 1. The highest BCUT2D eigenvalue weighted by Gasteiger charge is 2.49. The molecule has 0 radical (unpaired) electrons. The fourth-order valence-corrected chi connectivity index (χ4v) is 6.46. The van der Waals surface area contributed by atoms with Crippen molar-refractivity contribution >= 4 is 22.5 Å². The standard InChI is InChI=1S/C24H26F3N5O2S/c1-15-11-21(32(30-15)16-5-4-6-16)31-13-17(12-19(31)22(33)29-23(14-28)9-10-23)35(34)20-8-3-2-7-18(20)24(25,26)27/h2-3,7-8,11,16-17,19H,4-6,9-10,12-13H2,1H3,(H,29,33)/t17-,19+,35?/m1/s1. The Morgan fingerprint density at radius 2 is 2.00 bits per heavy atom. The third-order valence-corrected chi connectivity index (χ3v) is 8.89. The van der Waals surface area contributed by atoms with Crippen LogP contribution < -0.4 is 10.2 Å². The number of carbonyl (C=O) groups excluding carboxylic acids is 1. The zero-order valence-electron chi connectivity index (χ0n) is 19.2. The zero-order valence-corrected chi connectivity index (χ0v) is 20.0. The van der Waals surface area contributed by atoms with Crippen LogP contribution in [0.5, 0.6) is 0 Å². The first-order valence-corrected chi connectivity index (χ1v) is 13.0. The van der Waals surface area contributed by atoms with Gasteiger partial charge in [-0.05, 0) is 57.6 Å². The normalized spacial score (nSPS) is 24.5. The summed E-state index contributed by atoms with van der Waals surface area (Å²) < 4.78 is 56.2. The summed E-state index contributed by atoms with van der Waals surface area (Å²) in [6.45, 7) is 2.00. The number of benzene rings is 1. The van der Waals surface area contributed by atoms with E-state index in [0.29, 0.717) is 18.7 Å². The Labute approximate surface area is 203 Å². The van der Waals surface area contributed by atoms with E-state index in [1.165, 1.54) is 18.2 Å². The molecule has 5 rings (SSSR count). The van der Waals surface area contributed by atoms with Crippen LogP contribution in [0, 0.1) is 18.3 Å². The van der Waals surface area contributed by atoms with E-state index in [-0.39, 0.29) is 29.8 Å². The second-order valence-electron chi connectivity index (χ2n) is 9.67. The lowest BCUT2D eigenvalue weighted by molar-refractivity contribution is -0.139. The lowest BCUT2D eigenvalue weighted by atomic mass is 9.93. The molecule has 35 heavy (non-hydrogen) atoms. The highest BCUT2D eigenvalue weighted by Crippen LogP contribution is 2.41. The average molecular weight is 506 g/mol. The molecule has 1 aliphatic heterocycles. The van der Waals surface area contributed by atoms with Crippen LogP contribution in [-0.4, -0.2) is 43.3 Å². The fourth-order valence-electron chi connectivity index (χ4n) is 4.84. The van der Waals surface area contributed by atoms with Gasteiger partial charge in [-0.2, -0.15) is 23.5 Å². The predicted molar refractivity (Wildman–Crippen MR) is 123 cm³/mol. The topological polar surface area (TPSA) is 91.0 Å².